The van der Waals surface area contributed by atoms with Crippen LogP contribution >= 0.6 is 0 Å². The Balaban J connectivity index is 1.90. The number of carbonyl (C=O) groups is 2. The fraction of sp³-hybridized carbons (Fsp3) is 0.286. The molecule has 1 heterocycles. The van der Waals surface area contributed by atoms with Crippen molar-refractivity contribution in [2.75, 3.05) is 13.7 Å². The molecule has 0 atom stereocenters. The predicted octanol–water partition coefficient (Wildman–Crippen LogP) is 3.65. The number of carbonyl (C=O) groups excluding carboxylic acids is 2. The third-order valence-corrected chi connectivity index (χ3v) is 4.58. The molecule has 3 aromatic rings. The van der Waals surface area contributed by atoms with Crippen molar-refractivity contribution in [3.05, 3.63) is 66.0 Å². The van der Waals surface area contributed by atoms with Gasteiger partial charge in [-0.3, -0.25) is 9.59 Å². The lowest BCUT2D eigenvalue weighted by Crippen LogP contribution is -2.36. The van der Waals surface area contributed by atoms with Crippen LogP contribution in [0.5, 0.6) is 0 Å². The lowest BCUT2D eigenvalue weighted by Gasteiger charge is -2.23. The molecule has 6 nitrogen and oxygen atoms in total. The van der Waals surface area contributed by atoms with Crippen LogP contribution < -0.4 is 0 Å². The molecule has 0 fully saturated rings. The number of ether oxygens (including phenoxy) is 1. The maximum Gasteiger partial charge on any atom is 0.449 e. The Morgan fingerprint density at radius 2 is 1.73 bits per heavy atom. The number of imidazole rings is 1. The van der Waals surface area contributed by atoms with E-state index in [1.807, 2.05) is 6.07 Å². The van der Waals surface area contributed by atoms with Crippen LogP contribution in [-0.4, -0.2) is 40.0 Å². The summed E-state index contributed by atoms with van der Waals surface area (Å²) in [5, 5.41) is 0. The van der Waals surface area contributed by atoms with Gasteiger partial charge < -0.3 is 14.2 Å². The summed E-state index contributed by atoms with van der Waals surface area (Å²) in [4.78, 5) is 29.6. The second kappa shape index (κ2) is 8.98. The van der Waals surface area contributed by atoms with Gasteiger partial charge in [-0.05, 0) is 17.7 Å². The zero-order chi connectivity index (χ0) is 21.7. The van der Waals surface area contributed by atoms with Gasteiger partial charge in [-0.1, -0.05) is 42.5 Å². The van der Waals surface area contributed by atoms with E-state index in [-0.39, 0.29) is 30.5 Å². The van der Waals surface area contributed by atoms with E-state index >= 15 is 0 Å². The highest BCUT2D eigenvalue weighted by atomic mass is 19.4. The molecule has 0 N–H and O–H groups in total. The van der Waals surface area contributed by atoms with Gasteiger partial charge in [-0.15, -0.1) is 0 Å². The van der Waals surface area contributed by atoms with E-state index in [1.165, 1.54) is 24.1 Å². The van der Waals surface area contributed by atoms with Gasteiger partial charge in [-0.2, -0.15) is 13.2 Å². The fourth-order valence-corrected chi connectivity index (χ4v) is 3.11. The zero-order valence-corrected chi connectivity index (χ0v) is 16.2. The average molecular weight is 419 g/mol. The van der Waals surface area contributed by atoms with Gasteiger partial charge >= 0.3 is 12.1 Å². The van der Waals surface area contributed by atoms with E-state index in [2.05, 4.69) is 9.72 Å². The number of amides is 1. The first-order valence-corrected chi connectivity index (χ1v) is 9.20. The van der Waals surface area contributed by atoms with E-state index in [9.17, 15) is 22.8 Å². The van der Waals surface area contributed by atoms with Crippen LogP contribution in [0.25, 0.3) is 11.0 Å². The maximum atomic E-state index is 13.5. The number of para-hydroxylation sites is 2. The number of methoxy groups -OCH3 is 1. The summed E-state index contributed by atoms with van der Waals surface area (Å²) in [5.41, 5.74) is 1.16. The number of benzene rings is 2. The van der Waals surface area contributed by atoms with Gasteiger partial charge in [0.2, 0.25) is 11.7 Å². The van der Waals surface area contributed by atoms with Crippen LogP contribution in [0.2, 0.25) is 0 Å². The van der Waals surface area contributed by atoms with Gasteiger partial charge in [0.1, 0.15) is 6.54 Å². The molecule has 1 amide bonds. The van der Waals surface area contributed by atoms with Gasteiger partial charge in [0, 0.05) is 13.1 Å². The molecule has 9 heteroatoms. The van der Waals surface area contributed by atoms with Crippen molar-refractivity contribution in [1.82, 2.24) is 14.5 Å². The molecule has 0 unspecified atom stereocenters. The quantitative estimate of drug-likeness (QED) is 0.549. The minimum absolute atomic E-state index is 0.0222. The first-order chi connectivity index (χ1) is 14.3. The fourth-order valence-electron chi connectivity index (χ4n) is 3.11. The van der Waals surface area contributed by atoms with Crippen molar-refractivity contribution in [3.63, 3.8) is 0 Å². The molecule has 30 heavy (non-hydrogen) atoms. The monoisotopic (exact) mass is 419 g/mol. The first-order valence-electron chi connectivity index (χ1n) is 9.20. The van der Waals surface area contributed by atoms with Crippen molar-refractivity contribution in [3.8, 4) is 0 Å². The van der Waals surface area contributed by atoms with Gasteiger partial charge in [0.05, 0.1) is 24.6 Å². The minimum Gasteiger partial charge on any atom is -0.469 e. The van der Waals surface area contributed by atoms with Crippen molar-refractivity contribution in [1.29, 1.82) is 0 Å². The number of halogens is 3. The molecule has 0 bridgehead atoms. The number of nitrogens with zero attached hydrogens (tertiary/aromatic N) is 3. The Kier molecular flexibility index (Phi) is 6.39. The maximum absolute atomic E-state index is 13.5. The third kappa shape index (κ3) is 4.97. The van der Waals surface area contributed by atoms with Crippen LogP contribution in [0.4, 0.5) is 13.2 Å². The Bertz CT molecular complexity index is 1030. The van der Waals surface area contributed by atoms with Crippen molar-refractivity contribution >= 4 is 22.9 Å². The Hall–Kier alpha value is -3.36. The van der Waals surface area contributed by atoms with Crippen LogP contribution in [0.3, 0.4) is 0 Å². The van der Waals surface area contributed by atoms with Crippen molar-refractivity contribution < 1.29 is 27.5 Å². The largest absolute Gasteiger partial charge is 0.469 e. The summed E-state index contributed by atoms with van der Waals surface area (Å²) in [7, 11) is 1.24. The number of fused-ring (bicyclic) bond motifs is 1. The summed E-state index contributed by atoms with van der Waals surface area (Å²) >= 11 is 0. The molecule has 1 aromatic heterocycles. The Labute approximate surface area is 170 Å². The van der Waals surface area contributed by atoms with Gasteiger partial charge in [-0.25, -0.2) is 4.98 Å². The smallest absolute Gasteiger partial charge is 0.449 e. The molecule has 0 aliphatic heterocycles. The first kappa shape index (κ1) is 21.4. The van der Waals surface area contributed by atoms with E-state index in [0.717, 1.165) is 10.1 Å². The van der Waals surface area contributed by atoms with E-state index in [1.54, 1.807) is 36.4 Å². The summed E-state index contributed by atoms with van der Waals surface area (Å²) in [6.07, 6.45) is -4.78. The highest BCUT2D eigenvalue weighted by Gasteiger charge is 2.38. The SMILES string of the molecule is COC(=O)CCN(Cc1ccccc1)C(=O)Cn1c(C(F)(F)F)nc2ccccc21. The molecule has 0 saturated carbocycles. The molecule has 0 saturated heterocycles. The van der Waals surface area contributed by atoms with Gasteiger partial charge in [0.15, 0.2) is 0 Å². The second-order valence-corrected chi connectivity index (χ2v) is 6.64. The lowest BCUT2D eigenvalue weighted by molar-refractivity contribution is -0.148. The molecule has 0 aliphatic carbocycles. The highest BCUT2D eigenvalue weighted by molar-refractivity contribution is 5.81. The highest BCUT2D eigenvalue weighted by Crippen LogP contribution is 2.31. The number of esters is 1. The van der Waals surface area contributed by atoms with E-state index in [4.69, 9.17) is 0 Å². The standard InChI is InChI=1S/C21H20F3N3O3/c1-30-19(29)11-12-26(13-15-7-3-2-4-8-15)18(28)14-27-17-10-6-5-9-16(17)25-20(27)21(22,23)24/h2-10H,11-14H2,1H3. The summed E-state index contributed by atoms with van der Waals surface area (Å²) in [5.74, 6) is -2.20. The number of hydrogen-bond acceptors (Lipinski definition) is 4. The molecule has 0 radical (unpaired) electrons. The van der Waals surface area contributed by atoms with Crippen molar-refractivity contribution in [2.45, 2.75) is 25.7 Å². The number of alkyl halides is 3. The Morgan fingerprint density at radius 1 is 1.07 bits per heavy atom. The van der Waals surface area contributed by atoms with Crippen LogP contribution in [-0.2, 0) is 33.6 Å². The molecular formula is C21H20F3N3O3. The van der Waals surface area contributed by atoms with Crippen LogP contribution in [0.15, 0.2) is 54.6 Å². The Morgan fingerprint density at radius 3 is 2.40 bits per heavy atom. The lowest BCUT2D eigenvalue weighted by atomic mass is 10.2. The molecule has 0 aliphatic rings. The summed E-state index contributed by atoms with van der Waals surface area (Å²) in [6.45, 7) is -0.373. The predicted molar refractivity (Wildman–Crippen MR) is 103 cm³/mol. The molecular weight excluding hydrogens is 399 g/mol. The number of aromatic nitrogens is 2. The number of hydrogen-bond donors (Lipinski definition) is 0. The molecule has 0 spiro atoms. The summed E-state index contributed by atoms with van der Waals surface area (Å²) in [6, 6.07) is 15.1. The molecule has 158 valence electrons. The number of rotatable bonds is 7. The average Bonchev–Trinajstić information content (AvgIpc) is 3.10. The summed E-state index contributed by atoms with van der Waals surface area (Å²) < 4.78 is 46.0. The third-order valence-electron chi connectivity index (χ3n) is 4.58. The van der Waals surface area contributed by atoms with E-state index < -0.39 is 30.4 Å². The van der Waals surface area contributed by atoms with E-state index in [0.29, 0.717) is 0 Å². The van der Waals surface area contributed by atoms with Crippen LogP contribution in [0.1, 0.15) is 17.8 Å². The van der Waals surface area contributed by atoms with Crippen molar-refractivity contribution in [2.24, 2.45) is 0 Å². The molecule has 3 rings (SSSR count). The topological polar surface area (TPSA) is 64.4 Å². The normalized spacial score (nSPS) is 11.5. The second-order valence-electron chi connectivity index (χ2n) is 6.64. The molecule has 2 aromatic carbocycles. The van der Waals surface area contributed by atoms with Gasteiger partial charge in [0.25, 0.3) is 0 Å². The minimum atomic E-state index is -4.71. The van der Waals surface area contributed by atoms with Crippen LogP contribution in [0, 0.1) is 0 Å². The zero-order valence-electron chi connectivity index (χ0n) is 16.2.